The molecule has 2 heterocycles. The van der Waals surface area contributed by atoms with Crippen LogP contribution < -0.4 is 9.47 Å². The minimum Gasteiger partial charge on any atom is -0.485 e. The van der Waals surface area contributed by atoms with Gasteiger partial charge in [-0.2, -0.15) is 0 Å². The first-order valence-electron chi connectivity index (χ1n) is 9.72. The Balaban J connectivity index is 1.52. The van der Waals surface area contributed by atoms with Crippen molar-refractivity contribution < 1.29 is 14.3 Å². The number of allylic oxidation sites excluding steroid dienone is 1. The molecule has 0 amide bonds. The normalized spacial score (nSPS) is 15.1. The highest BCUT2D eigenvalue weighted by Gasteiger charge is 2.28. The van der Waals surface area contributed by atoms with Crippen molar-refractivity contribution in [3.63, 3.8) is 0 Å². The van der Waals surface area contributed by atoms with Gasteiger partial charge in [0.05, 0.1) is 5.75 Å². The van der Waals surface area contributed by atoms with Gasteiger partial charge in [0.15, 0.2) is 34.4 Å². The number of Topliss-reactive ketones (excluding diaryl/α,β-unsaturated/α-hetero) is 1. The number of ketones is 1. The predicted octanol–water partition coefficient (Wildman–Crippen LogP) is 4.57. The Labute approximate surface area is 179 Å². The summed E-state index contributed by atoms with van der Waals surface area (Å²) in [6.07, 6.45) is 1.40. The van der Waals surface area contributed by atoms with Crippen LogP contribution in [0.4, 0.5) is 0 Å². The zero-order valence-electron chi connectivity index (χ0n) is 17.0. The van der Waals surface area contributed by atoms with E-state index in [2.05, 4.69) is 16.8 Å². The number of benzene rings is 2. The number of rotatable bonds is 7. The monoisotopic (exact) mass is 421 g/mol. The second kappa shape index (κ2) is 8.75. The lowest BCUT2D eigenvalue weighted by Gasteiger charge is -2.26. The van der Waals surface area contributed by atoms with Gasteiger partial charge in [-0.25, -0.2) is 0 Å². The molecule has 0 saturated heterocycles. The Morgan fingerprint density at radius 3 is 2.83 bits per heavy atom. The molecule has 0 bridgehead atoms. The van der Waals surface area contributed by atoms with Crippen LogP contribution in [0.2, 0.25) is 0 Å². The van der Waals surface area contributed by atoms with Gasteiger partial charge < -0.3 is 9.47 Å². The lowest BCUT2D eigenvalue weighted by atomic mass is 10.0. The van der Waals surface area contributed by atoms with Crippen LogP contribution in [-0.2, 0) is 6.54 Å². The molecular formula is C23H23N3O3S. The topological polar surface area (TPSA) is 66.2 Å². The fraction of sp³-hybridized carbons (Fsp3) is 0.261. The summed E-state index contributed by atoms with van der Waals surface area (Å²) in [5, 5.41) is 9.31. The van der Waals surface area contributed by atoms with Gasteiger partial charge in [-0.1, -0.05) is 47.7 Å². The van der Waals surface area contributed by atoms with Gasteiger partial charge in [0.2, 0.25) is 0 Å². The average molecular weight is 422 g/mol. The molecule has 3 aromatic rings. The number of carbonyl (C=O) groups excluding carboxylic acids is 1. The van der Waals surface area contributed by atoms with Gasteiger partial charge >= 0.3 is 0 Å². The molecule has 0 N–H and O–H groups in total. The van der Waals surface area contributed by atoms with Crippen LogP contribution in [0.15, 0.2) is 60.3 Å². The van der Waals surface area contributed by atoms with Crippen molar-refractivity contribution >= 4 is 17.5 Å². The Morgan fingerprint density at radius 1 is 1.23 bits per heavy atom. The van der Waals surface area contributed by atoms with Crippen molar-refractivity contribution in [2.75, 3.05) is 12.4 Å². The van der Waals surface area contributed by atoms with Gasteiger partial charge in [-0.05, 0) is 37.6 Å². The van der Waals surface area contributed by atoms with Crippen LogP contribution >= 0.6 is 11.8 Å². The van der Waals surface area contributed by atoms with Gasteiger partial charge in [0.25, 0.3) is 0 Å². The van der Waals surface area contributed by atoms with Crippen molar-refractivity contribution in [3.8, 4) is 11.5 Å². The van der Waals surface area contributed by atoms with Gasteiger partial charge in [-0.15, -0.1) is 16.8 Å². The summed E-state index contributed by atoms with van der Waals surface area (Å²) < 4.78 is 13.8. The summed E-state index contributed by atoms with van der Waals surface area (Å²) in [6, 6.07) is 13.5. The summed E-state index contributed by atoms with van der Waals surface area (Å²) >= 11 is 1.37. The number of para-hydroxylation sites is 2. The maximum Gasteiger partial charge on any atom is 0.192 e. The smallest absolute Gasteiger partial charge is 0.192 e. The molecule has 4 rings (SSSR count). The maximum absolute atomic E-state index is 12.8. The fourth-order valence-electron chi connectivity index (χ4n) is 3.34. The van der Waals surface area contributed by atoms with Gasteiger partial charge in [-0.3, -0.25) is 9.36 Å². The van der Waals surface area contributed by atoms with Crippen molar-refractivity contribution in [1.29, 1.82) is 0 Å². The van der Waals surface area contributed by atoms with E-state index in [1.165, 1.54) is 11.8 Å². The van der Waals surface area contributed by atoms with Crippen LogP contribution in [0.1, 0.15) is 33.4 Å². The van der Waals surface area contributed by atoms with E-state index in [-0.39, 0.29) is 17.6 Å². The number of thioether (sulfide) groups is 1. The molecule has 0 aliphatic carbocycles. The molecule has 6 nitrogen and oxygen atoms in total. The maximum atomic E-state index is 12.8. The zero-order chi connectivity index (χ0) is 21.1. The van der Waals surface area contributed by atoms with Gasteiger partial charge in [0.1, 0.15) is 6.61 Å². The van der Waals surface area contributed by atoms with Crippen molar-refractivity contribution in [3.05, 3.63) is 77.6 Å². The lowest BCUT2D eigenvalue weighted by Crippen LogP contribution is -2.25. The molecule has 0 saturated carbocycles. The molecule has 0 radical (unpaired) electrons. The van der Waals surface area contributed by atoms with Gasteiger partial charge in [0, 0.05) is 12.1 Å². The number of hydrogen-bond acceptors (Lipinski definition) is 6. The van der Waals surface area contributed by atoms with E-state index in [0.717, 1.165) is 22.4 Å². The Kier molecular flexibility index (Phi) is 5.90. The van der Waals surface area contributed by atoms with E-state index < -0.39 is 0 Å². The van der Waals surface area contributed by atoms with Crippen molar-refractivity contribution in [2.45, 2.75) is 31.7 Å². The second-order valence-corrected chi connectivity index (χ2v) is 8.08. The first kappa shape index (κ1) is 20.2. The standard InChI is InChI=1S/C23H23N3O3S/c1-4-11-26-22(21-13-28-19-7-5-6-8-20(19)29-21)24-25-23(26)30-14-18(27)17-12-15(2)9-10-16(17)3/h4-10,12,21H,1,11,13-14H2,2-3H3. The summed E-state index contributed by atoms with van der Waals surface area (Å²) in [5.74, 6) is 2.41. The van der Waals surface area contributed by atoms with E-state index >= 15 is 0 Å². The molecule has 154 valence electrons. The zero-order valence-corrected chi connectivity index (χ0v) is 17.8. The third-order valence-corrected chi connectivity index (χ3v) is 5.85. The summed E-state index contributed by atoms with van der Waals surface area (Å²) in [6.45, 7) is 8.64. The molecule has 30 heavy (non-hydrogen) atoms. The summed E-state index contributed by atoms with van der Waals surface area (Å²) in [5.41, 5.74) is 2.80. The quantitative estimate of drug-likeness (QED) is 0.316. The molecule has 1 aliphatic rings. The van der Waals surface area contributed by atoms with E-state index in [4.69, 9.17) is 9.47 Å². The third kappa shape index (κ3) is 4.11. The minimum atomic E-state index is -0.378. The minimum absolute atomic E-state index is 0.0714. The van der Waals surface area contributed by atoms with Crippen molar-refractivity contribution in [1.82, 2.24) is 14.8 Å². The number of hydrogen-bond donors (Lipinski definition) is 0. The van der Waals surface area contributed by atoms with E-state index in [0.29, 0.717) is 29.9 Å². The van der Waals surface area contributed by atoms with E-state index in [9.17, 15) is 4.79 Å². The van der Waals surface area contributed by atoms with E-state index in [1.807, 2.05) is 60.9 Å². The Hall–Kier alpha value is -3.06. The number of carbonyl (C=O) groups is 1. The molecule has 7 heteroatoms. The molecule has 1 atom stereocenters. The molecule has 2 aromatic carbocycles. The molecular weight excluding hydrogens is 398 g/mol. The number of fused-ring (bicyclic) bond motifs is 1. The van der Waals surface area contributed by atoms with Crippen LogP contribution in [0.3, 0.4) is 0 Å². The molecule has 1 aromatic heterocycles. The first-order valence-corrected chi connectivity index (χ1v) is 10.7. The molecule has 0 spiro atoms. The first-order chi connectivity index (χ1) is 14.6. The average Bonchev–Trinajstić information content (AvgIpc) is 3.16. The largest absolute Gasteiger partial charge is 0.485 e. The SMILES string of the molecule is C=CCn1c(SCC(=O)c2cc(C)ccc2C)nnc1C1COc2ccccc2O1. The highest BCUT2D eigenvalue weighted by Crippen LogP contribution is 2.36. The molecule has 1 aliphatic heterocycles. The summed E-state index contributed by atoms with van der Waals surface area (Å²) in [7, 11) is 0. The highest BCUT2D eigenvalue weighted by molar-refractivity contribution is 7.99. The number of nitrogens with zero attached hydrogens (tertiary/aromatic N) is 3. The fourth-order valence-corrected chi connectivity index (χ4v) is 4.17. The number of aromatic nitrogens is 3. The third-order valence-electron chi connectivity index (χ3n) is 4.88. The second-order valence-electron chi connectivity index (χ2n) is 7.13. The highest BCUT2D eigenvalue weighted by atomic mass is 32.2. The van der Waals surface area contributed by atoms with Crippen molar-refractivity contribution in [2.24, 2.45) is 0 Å². The van der Waals surface area contributed by atoms with Crippen LogP contribution in [-0.4, -0.2) is 32.9 Å². The lowest BCUT2D eigenvalue weighted by molar-refractivity contribution is 0.0821. The van der Waals surface area contributed by atoms with Crippen LogP contribution in [0.25, 0.3) is 0 Å². The molecule has 1 unspecified atom stereocenters. The summed E-state index contributed by atoms with van der Waals surface area (Å²) in [4.78, 5) is 12.8. The predicted molar refractivity (Wildman–Crippen MR) is 116 cm³/mol. The number of ether oxygens (including phenoxy) is 2. The Bertz CT molecular complexity index is 1090. The van der Waals surface area contributed by atoms with Crippen LogP contribution in [0.5, 0.6) is 11.5 Å². The van der Waals surface area contributed by atoms with Crippen LogP contribution in [0, 0.1) is 13.8 Å². The molecule has 0 fully saturated rings. The number of aryl methyl sites for hydroxylation is 2. The van der Waals surface area contributed by atoms with E-state index in [1.54, 1.807) is 6.08 Å². The Morgan fingerprint density at radius 2 is 2.03 bits per heavy atom.